The maximum Gasteiger partial charge on any atom is 0.591 e. The van der Waals surface area contributed by atoms with Crippen LogP contribution in [-0.4, -0.2) is 26.8 Å². The molecule has 0 rings (SSSR count). The van der Waals surface area contributed by atoms with Gasteiger partial charge in [0.15, 0.2) is 0 Å². The van der Waals surface area contributed by atoms with Crippen molar-refractivity contribution in [2.45, 2.75) is 13.8 Å². The fourth-order valence-corrected chi connectivity index (χ4v) is 1.69. The molecule has 0 unspecified atom stereocenters. The highest BCUT2D eigenvalue weighted by Gasteiger charge is 2.34. The first-order valence-corrected chi connectivity index (χ1v) is 5.08. The second kappa shape index (κ2) is 5.27. The molecule has 64 valence electrons. The lowest BCUT2D eigenvalue weighted by Crippen LogP contribution is -2.41. The molecule has 0 aliphatic carbocycles. The fourth-order valence-electron chi connectivity index (χ4n) is 0.565. The summed E-state index contributed by atoms with van der Waals surface area (Å²) in [6.45, 7) is 3.88. The minimum absolute atomic E-state index is 0.261. The quantitative estimate of drug-likeness (QED) is 0.502. The molecule has 11 heavy (non-hydrogen) atoms. The summed E-state index contributed by atoms with van der Waals surface area (Å²) in [4.78, 5) is 9.29. The van der Waals surface area contributed by atoms with Crippen molar-refractivity contribution in [2.24, 2.45) is 0 Å². The van der Waals surface area contributed by atoms with E-state index in [0.717, 1.165) is 6.17 Å². The standard InChI is InChI=1S/C6H11FO3Si/c1-3-9-11(8,6-5-7)10-4-2/h8H,3-4H2,1-2H3. The monoisotopic (exact) mass is 178 g/mol. The second-order valence-corrected chi connectivity index (χ2v) is 3.66. The van der Waals surface area contributed by atoms with Gasteiger partial charge in [-0.2, -0.15) is 0 Å². The molecule has 0 aromatic heterocycles. The lowest BCUT2D eigenvalue weighted by molar-refractivity contribution is 0.125. The van der Waals surface area contributed by atoms with E-state index in [4.69, 9.17) is 8.85 Å². The Morgan fingerprint density at radius 2 is 1.82 bits per heavy atom. The third-order valence-electron chi connectivity index (χ3n) is 0.885. The molecule has 1 N–H and O–H groups in total. The molecular formula is C6H11FO3Si. The fraction of sp³-hybridized carbons (Fsp3) is 0.667. The van der Waals surface area contributed by atoms with Crippen molar-refractivity contribution in [2.75, 3.05) is 13.2 Å². The van der Waals surface area contributed by atoms with Crippen molar-refractivity contribution in [1.29, 1.82) is 0 Å². The molecular weight excluding hydrogens is 167 g/mol. The van der Waals surface area contributed by atoms with Gasteiger partial charge >= 0.3 is 8.80 Å². The molecule has 0 heterocycles. The highest BCUT2D eigenvalue weighted by atomic mass is 28.4. The van der Waals surface area contributed by atoms with Gasteiger partial charge in [-0.1, -0.05) is 0 Å². The summed E-state index contributed by atoms with van der Waals surface area (Å²) in [5.74, 6) is 0. The van der Waals surface area contributed by atoms with Crippen LogP contribution in [0, 0.1) is 11.7 Å². The van der Waals surface area contributed by atoms with Gasteiger partial charge in [0.25, 0.3) is 0 Å². The molecule has 0 atom stereocenters. The molecule has 0 aliphatic rings. The Hall–Kier alpha value is -0.413. The molecule has 0 amide bonds. The summed E-state index contributed by atoms with van der Waals surface area (Å²) in [5, 5.41) is 0. The topological polar surface area (TPSA) is 38.7 Å². The molecule has 0 bridgehead atoms. The zero-order chi connectivity index (χ0) is 8.74. The number of rotatable bonds is 4. The van der Waals surface area contributed by atoms with E-state index in [1.165, 1.54) is 0 Å². The predicted octanol–water partition coefficient (Wildman–Crippen LogP) is 0.460. The van der Waals surface area contributed by atoms with Crippen LogP contribution in [0.4, 0.5) is 4.39 Å². The summed E-state index contributed by atoms with van der Waals surface area (Å²) >= 11 is 0. The van der Waals surface area contributed by atoms with Crippen LogP contribution in [0.15, 0.2) is 0 Å². The molecule has 0 spiro atoms. The molecule has 0 saturated heterocycles. The first-order valence-electron chi connectivity index (χ1n) is 3.31. The first kappa shape index (κ1) is 10.6. The average molecular weight is 178 g/mol. The van der Waals surface area contributed by atoms with E-state index in [9.17, 15) is 9.19 Å². The Kier molecular flexibility index (Phi) is 5.07. The van der Waals surface area contributed by atoms with Crippen molar-refractivity contribution in [3.05, 3.63) is 0 Å². The molecule has 0 aliphatic heterocycles. The molecule has 0 radical (unpaired) electrons. The van der Waals surface area contributed by atoms with E-state index in [0.29, 0.717) is 0 Å². The van der Waals surface area contributed by atoms with E-state index >= 15 is 0 Å². The summed E-state index contributed by atoms with van der Waals surface area (Å²) in [7, 11) is -3.49. The molecule has 3 nitrogen and oxygen atoms in total. The zero-order valence-electron chi connectivity index (χ0n) is 6.56. The molecule has 0 fully saturated rings. The molecule has 0 saturated carbocycles. The van der Waals surface area contributed by atoms with Gasteiger partial charge in [-0.05, 0) is 19.4 Å². The van der Waals surface area contributed by atoms with Crippen molar-refractivity contribution in [1.82, 2.24) is 0 Å². The summed E-state index contributed by atoms with van der Waals surface area (Å²) in [5.41, 5.74) is 1.89. The van der Waals surface area contributed by atoms with Crippen molar-refractivity contribution >= 4 is 8.80 Å². The third kappa shape index (κ3) is 4.11. The third-order valence-corrected chi connectivity index (χ3v) is 2.66. The van der Waals surface area contributed by atoms with Gasteiger partial charge in [0, 0.05) is 13.2 Å². The van der Waals surface area contributed by atoms with Crippen LogP contribution in [-0.2, 0) is 8.85 Å². The normalized spacial score (nSPS) is 10.5. The Morgan fingerprint density at radius 3 is 2.09 bits per heavy atom. The maximum absolute atomic E-state index is 11.5. The van der Waals surface area contributed by atoms with Crippen LogP contribution in [0.3, 0.4) is 0 Å². The van der Waals surface area contributed by atoms with Gasteiger partial charge < -0.3 is 13.6 Å². The van der Waals surface area contributed by atoms with Crippen LogP contribution < -0.4 is 0 Å². The Balaban J connectivity index is 4.08. The lowest BCUT2D eigenvalue weighted by Gasteiger charge is -2.15. The number of hydrogen-bond donors (Lipinski definition) is 1. The van der Waals surface area contributed by atoms with Gasteiger partial charge in [-0.25, -0.2) is 0 Å². The van der Waals surface area contributed by atoms with Crippen molar-refractivity contribution < 1.29 is 18.0 Å². The molecule has 0 aromatic carbocycles. The molecule has 5 heteroatoms. The van der Waals surface area contributed by atoms with Crippen LogP contribution in [0.1, 0.15) is 13.8 Å². The van der Waals surface area contributed by atoms with E-state index in [-0.39, 0.29) is 13.2 Å². The molecule has 0 aromatic rings. The highest BCUT2D eigenvalue weighted by molar-refractivity contribution is 6.68. The summed E-state index contributed by atoms with van der Waals surface area (Å²) < 4.78 is 21.0. The van der Waals surface area contributed by atoms with Gasteiger partial charge in [0.1, 0.15) is 6.17 Å². The van der Waals surface area contributed by atoms with Crippen LogP contribution in [0.5, 0.6) is 0 Å². The smallest absolute Gasteiger partial charge is 0.380 e. The van der Waals surface area contributed by atoms with Gasteiger partial charge in [-0.15, -0.1) is 4.39 Å². The average Bonchev–Trinajstić information content (AvgIpc) is 1.88. The second-order valence-electron chi connectivity index (χ2n) is 1.67. The SMILES string of the molecule is CCO[Si](O)(C#CF)OCC. The summed E-state index contributed by atoms with van der Waals surface area (Å²) in [6.07, 6.45) is 1.09. The summed E-state index contributed by atoms with van der Waals surface area (Å²) in [6, 6.07) is 0. The van der Waals surface area contributed by atoms with Gasteiger partial charge in [-0.3, -0.25) is 0 Å². The highest BCUT2D eigenvalue weighted by Crippen LogP contribution is 2.00. The van der Waals surface area contributed by atoms with Gasteiger partial charge in [0.2, 0.25) is 0 Å². The van der Waals surface area contributed by atoms with Crippen molar-refractivity contribution in [3.8, 4) is 11.7 Å². The number of hydrogen-bond acceptors (Lipinski definition) is 3. The van der Waals surface area contributed by atoms with E-state index in [1.54, 1.807) is 13.8 Å². The van der Waals surface area contributed by atoms with E-state index < -0.39 is 8.80 Å². The Labute approximate surface area is 66.5 Å². The Morgan fingerprint density at radius 1 is 1.36 bits per heavy atom. The number of halogens is 1. The Bertz CT molecular complexity index is 157. The minimum Gasteiger partial charge on any atom is -0.380 e. The first-order chi connectivity index (χ1) is 5.18. The minimum atomic E-state index is -3.49. The predicted molar refractivity (Wildman–Crippen MR) is 40.1 cm³/mol. The van der Waals surface area contributed by atoms with Crippen LogP contribution in [0.25, 0.3) is 0 Å². The van der Waals surface area contributed by atoms with E-state index in [1.807, 2.05) is 5.54 Å². The maximum atomic E-state index is 11.5. The van der Waals surface area contributed by atoms with Crippen molar-refractivity contribution in [3.63, 3.8) is 0 Å². The van der Waals surface area contributed by atoms with E-state index in [2.05, 4.69) is 0 Å². The van der Waals surface area contributed by atoms with Crippen LogP contribution in [0.2, 0.25) is 0 Å². The van der Waals surface area contributed by atoms with Crippen LogP contribution >= 0.6 is 0 Å². The van der Waals surface area contributed by atoms with Gasteiger partial charge in [0.05, 0.1) is 0 Å². The largest absolute Gasteiger partial charge is 0.591 e. The zero-order valence-corrected chi connectivity index (χ0v) is 7.56. The lowest BCUT2D eigenvalue weighted by atomic mass is 10.9.